The predicted octanol–water partition coefficient (Wildman–Crippen LogP) is -1.79. The molecule has 3 rings (SSSR count). The highest BCUT2D eigenvalue weighted by atomic mass is 16.5. The molecular formula is C12H15NO6. The quantitative estimate of drug-likeness (QED) is 0.520. The molecule has 3 N–H and O–H groups in total. The molecule has 3 heterocycles. The van der Waals surface area contributed by atoms with Gasteiger partial charge >= 0.3 is 5.97 Å². The van der Waals surface area contributed by atoms with Crippen molar-refractivity contribution in [1.29, 1.82) is 0 Å². The molecule has 5 unspecified atom stereocenters. The first-order valence-corrected chi connectivity index (χ1v) is 6.16. The SMILES string of the molecule is O=C(O)C1C2C=CC3(CN(CC(O)CO)C(=O)C13)O2. The molecule has 0 aromatic rings. The van der Waals surface area contributed by atoms with Crippen LogP contribution < -0.4 is 0 Å². The second-order valence-electron chi connectivity index (χ2n) is 5.29. The van der Waals surface area contributed by atoms with E-state index in [4.69, 9.17) is 9.84 Å². The molecule has 0 saturated carbocycles. The molecular weight excluding hydrogens is 254 g/mol. The van der Waals surface area contributed by atoms with E-state index < -0.39 is 42.2 Å². The van der Waals surface area contributed by atoms with Crippen LogP contribution >= 0.6 is 0 Å². The third kappa shape index (κ3) is 1.62. The first kappa shape index (κ1) is 12.6. The van der Waals surface area contributed by atoms with Gasteiger partial charge in [0.25, 0.3) is 0 Å². The van der Waals surface area contributed by atoms with E-state index in [0.717, 1.165) is 0 Å². The van der Waals surface area contributed by atoms with E-state index >= 15 is 0 Å². The number of β-amino-alcohol motifs (C(OH)–C–C–N with tert-alkyl or cyclic N) is 1. The summed E-state index contributed by atoms with van der Waals surface area (Å²) in [5.41, 5.74) is -0.875. The lowest BCUT2D eigenvalue weighted by molar-refractivity contribution is -0.148. The molecule has 7 nitrogen and oxygen atoms in total. The first-order valence-electron chi connectivity index (χ1n) is 6.16. The number of carbonyl (C=O) groups excluding carboxylic acids is 1. The highest BCUT2D eigenvalue weighted by Crippen LogP contribution is 2.51. The molecule has 1 spiro atoms. The van der Waals surface area contributed by atoms with E-state index in [1.54, 1.807) is 12.2 Å². The Morgan fingerprint density at radius 2 is 2.37 bits per heavy atom. The third-order valence-corrected chi connectivity index (χ3v) is 4.11. The summed E-state index contributed by atoms with van der Waals surface area (Å²) >= 11 is 0. The number of nitrogens with zero attached hydrogens (tertiary/aromatic N) is 1. The fourth-order valence-corrected chi connectivity index (χ4v) is 3.33. The maximum atomic E-state index is 12.3. The van der Waals surface area contributed by atoms with Gasteiger partial charge in [0, 0.05) is 6.54 Å². The predicted molar refractivity (Wildman–Crippen MR) is 61.0 cm³/mol. The number of aliphatic hydroxyl groups excluding tert-OH is 2. The molecule has 2 bridgehead atoms. The Labute approximate surface area is 109 Å². The summed E-state index contributed by atoms with van der Waals surface area (Å²) in [6.45, 7) is -0.227. The Morgan fingerprint density at radius 1 is 1.63 bits per heavy atom. The average molecular weight is 269 g/mol. The number of aliphatic carboxylic acids is 1. The molecule has 0 aromatic heterocycles. The van der Waals surface area contributed by atoms with Crippen LogP contribution in [0.25, 0.3) is 0 Å². The minimum Gasteiger partial charge on any atom is -0.481 e. The highest BCUT2D eigenvalue weighted by Gasteiger charge is 2.67. The van der Waals surface area contributed by atoms with Gasteiger partial charge in [-0.1, -0.05) is 12.2 Å². The van der Waals surface area contributed by atoms with Crippen molar-refractivity contribution in [2.24, 2.45) is 11.8 Å². The zero-order valence-corrected chi connectivity index (χ0v) is 10.1. The molecule has 3 aliphatic heterocycles. The van der Waals surface area contributed by atoms with Crippen molar-refractivity contribution in [2.75, 3.05) is 19.7 Å². The van der Waals surface area contributed by atoms with Crippen LogP contribution in [0, 0.1) is 11.8 Å². The van der Waals surface area contributed by atoms with Gasteiger partial charge in [-0.25, -0.2) is 0 Å². The fraction of sp³-hybridized carbons (Fsp3) is 0.667. The molecule has 7 heteroatoms. The van der Waals surface area contributed by atoms with Crippen molar-refractivity contribution >= 4 is 11.9 Å². The van der Waals surface area contributed by atoms with Gasteiger partial charge in [-0.2, -0.15) is 0 Å². The molecule has 0 aliphatic carbocycles. The van der Waals surface area contributed by atoms with Crippen molar-refractivity contribution in [3.05, 3.63) is 12.2 Å². The standard InChI is InChI=1S/C12H15NO6/c14-4-6(15)3-13-5-12-2-1-7(19-12)8(11(17)18)9(12)10(13)16/h1-2,6-9,14-15H,3-5H2,(H,17,18). The maximum absolute atomic E-state index is 12.3. The van der Waals surface area contributed by atoms with Crippen molar-refractivity contribution < 1.29 is 29.6 Å². The second kappa shape index (κ2) is 4.03. The zero-order valence-electron chi connectivity index (χ0n) is 10.1. The van der Waals surface area contributed by atoms with Crippen LogP contribution in [-0.2, 0) is 14.3 Å². The molecule has 0 radical (unpaired) electrons. The molecule has 104 valence electrons. The van der Waals surface area contributed by atoms with Gasteiger partial charge in [0.1, 0.15) is 11.5 Å². The van der Waals surface area contributed by atoms with E-state index in [1.165, 1.54) is 4.90 Å². The highest BCUT2D eigenvalue weighted by molar-refractivity contribution is 5.90. The monoisotopic (exact) mass is 269 g/mol. The molecule has 3 aliphatic rings. The Bertz CT molecular complexity index is 463. The van der Waals surface area contributed by atoms with Gasteiger partial charge in [0.2, 0.25) is 5.91 Å². The third-order valence-electron chi connectivity index (χ3n) is 4.11. The van der Waals surface area contributed by atoms with Crippen LogP contribution in [0.2, 0.25) is 0 Å². The Kier molecular flexibility index (Phi) is 2.67. The summed E-state index contributed by atoms with van der Waals surface area (Å²) in [6.07, 6.45) is 1.87. The number of fused-ring (bicyclic) bond motifs is 1. The van der Waals surface area contributed by atoms with E-state index in [0.29, 0.717) is 0 Å². The molecule has 2 fully saturated rings. The number of hydrogen-bond donors (Lipinski definition) is 3. The van der Waals surface area contributed by atoms with Crippen LogP contribution in [0.1, 0.15) is 0 Å². The van der Waals surface area contributed by atoms with Crippen LogP contribution in [0.3, 0.4) is 0 Å². The van der Waals surface area contributed by atoms with E-state index in [1.807, 2.05) is 0 Å². The number of aliphatic hydroxyl groups is 2. The zero-order chi connectivity index (χ0) is 13.8. The number of carbonyl (C=O) groups is 2. The van der Waals surface area contributed by atoms with Crippen molar-refractivity contribution in [3.8, 4) is 0 Å². The van der Waals surface area contributed by atoms with Crippen molar-refractivity contribution in [1.82, 2.24) is 4.90 Å². The number of hydrogen-bond acceptors (Lipinski definition) is 5. The van der Waals surface area contributed by atoms with Crippen LogP contribution in [-0.4, -0.2) is 69.6 Å². The average Bonchev–Trinajstić information content (AvgIpc) is 2.98. The van der Waals surface area contributed by atoms with Crippen LogP contribution in [0.4, 0.5) is 0 Å². The number of likely N-dealkylation sites (tertiary alicyclic amines) is 1. The van der Waals surface area contributed by atoms with Crippen molar-refractivity contribution in [3.63, 3.8) is 0 Å². The number of carboxylic acid groups (broad SMARTS) is 1. The summed E-state index contributed by atoms with van der Waals surface area (Å²) in [7, 11) is 0. The summed E-state index contributed by atoms with van der Waals surface area (Å²) in [6, 6.07) is 0. The van der Waals surface area contributed by atoms with Gasteiger partial charge in [0.05, 0.1) is 31.3 Å². The van der Waals surface area contributed by atoms with E-state index in [-0.39, 0.29) is 19.0 Å². The van der Waals surface area contributed by atoms with Crippen LogP contribution in [0.5, 0.6) is 0 Å². The van der Waals surface area contributed by atoms with Crippen molar-refractivity contribution in [2.45, 2.75) is 17.8 Å². The number of ether oxygens (including phenoxy) is 1. The lowest BCUT2D eigenvalue weighted by Gasteiger charge is -2.22. The molecule has 2 saturated heterocycles. The molecule has 19 heavy (non-hydrogen) atoms. The number of carboxylic acids is 1. The van der Waals surface area contributed by atoms with Crippen LogP contribution in [0.15, 0.2) is 12.2 Å². The Balaban J connectivity index is 1.86. The van der Waals surface area contributed by atoms with E-state index in [9.17, 15) is 19.8 Å². The minimum absolute atomic E-state index is 0.0121. The maximum Gasteiger partial charge on any atom is 0.310 e. The molecule has 0 aromatic carbocycles. The largest absolute Gasteiger partial charge is 0.481 e. The lowest BCUT2D eigenvalue weighted by Crippen LogP contribution is -2.40. The van der Waals surface area contributed by atoms with E-state index in [2.05, 4.69) is 0 Å². The number of amides is 1. The summed E-state index contributed by atoms with van der Waals surface area (Å²) in [4.78, 5) is 24.9. The van der Waals surface area contributed by atoms with Gasteiger partial charge in [0.15, 0.2) is 0 Å². The first-order chi connectivity index (χ1) is 8.98. The Morgan fingerprint density at radius 3 is 3.00 bits per heavy atom. The second-order valence-corrected chi connectivity index (χ2v) is 5.29. The molecule has 5 atom stereocenters. The smallest absolute Gasteiger partial charge is 0.310 e. The molecule has 1 amide bonds. The summed E-state index contributed by atoms with van der Waals surface area (Å²) in [5.74, 6) is -2.97. The van der Waals surface area contributed by atoms with Gasteiger partial charge in [-0.3, -0.25) is 9.59 Å². The summed E-state index contributed by atoms with van der Waals surface area (Å²) in [5, 5.41) is 27.5. The minimum atomic E-state index is -1.04. The van der Waals surface area contributed by atoms with Gasteiger partial charge in [-0.15, -0.1) is 0 Å². The fourth-order valence-electron chi connectivity index (χ4n) is 3.33. The van der Waals surface area contributed by atoms with Gasteiger partial charge < -0.3 is 25.0 Å². The number of rotatable bonds is 4. The summed E-state index contributed by atoms with van der Waals surface area (Å²) < 4.78 is 5.68. The Hall–Kier alpha value is -1.44. The topological polar surface area (TPSA) is 107 Å². The normalized spacial score (nSPS) is 40.8. The lowest BCUT2D eigenvalue weighted by atomic mass is 9.77. The van der Waals surface area contributed by atoms with Gasteiger partial charge in [-0.05, 0) is 0 Å².